The molecule has 1 unspecified atom stereocenters. The molecule has 2 aromatic carbocycles. The minimum atomic E-state index is -0.457. The summed E-state index contributed by atoms with van der Waals surface area (Å²) in [7, 11) is 1.39. The molecule has 1 fully saturated rings. The number of benzene rings is 2. The molecular formula is C30H28FN5O3. The average Bonchev–Trinajstić information content (AvgIpc) is 3.55. The van der Waals surface area contributed by atoms with Crippen LogP contribution in [0.15, 0.2) is 54.6 Å². The molecule has 2 aliphatic heterocycles. The number of aromatic nitrogens is 3. The summed E-state index contributed by atoms with van der Waals surface area (Å²) in [5, 5.41) is 8.92. The van der Waals surface area contributed by atoms with Crippen LogP contribution < -0.4 is 4.74 Å². The number of hydrogen-bond donors (Lipinski definition) is 0. The van der Waals surface area contributed by atoms with E-state index >= 15 is 0 Å². The third-order valence-corrected chi connectivity index (χ3v) is 7.81. The normalized spacial score (nSPS) is 17.6. The Hall–Kier alpha value is -4.29. The molecule has 0 radical (unpaired) electrons. The highest BCUT2D eigenvalue weighted by Gasteiger charge is 2.34. The molecule has 9 heteroatoms. The lowest BCUT2D eigenvalue weighted by atomic mass is 9.92. The molecule has 1 saturated heterocycles. The van der Waals surface area contributed by atoms with Crippen LogP contribution in [0.25, 0.3) is 11.0 Å². The summed E-state index contributed by atoms with van der Waals surface area (Å²) in [6.45, 7) is 2.81. The number of halogens is 1. The first-order chi connectivity index (χ1) is 19.0. The number of piperidine rings is 1. The van der Waals surface area contributed by atoms with Gasteiger partial charge in [-0.15, -0.1) is 0 Å². The van der Waals surface area contributed by atoms with Gasteiger partial charge in [0.25, 0.3) is 0 Å². The van der Waals surface area contributed by atoms with Crippen LogP contribution in [0.3, 0.4) is 0 Å². The highest BCUT2D eigenvalue weighted by molar-refractivity contribution is 5.93. The SMILES string of the molecule is COC(=O)c1ccc2nc3n(c2c1)CCC3N1CCC(c2cccc(OCc3ccc(C#N)cc3F)n2)CC1. The number of rotatable bonds is 6. The second-order valence-electron chi connectivity index (χ2n) is 10.0. The second kappa shape index (κ2) is 10.5. The van der Waals surface area contributed by atoms with Gasteiger partial charge in [-0.2, -0.15) is 5.26 Å². The van der Waals surface area contributed by atoms with Gasteiger partial charge in [0.05, 0.1) is 41.4 Å². The van der Waals surface area contributed by atoms with E-state index in [-0.39, 0.29) is 24.2 Å². The molecule has 2 aliphatic rings. The lowest BCUT2D eigenvalue weighted by molar-refractivity contribution is 0.0601. The van der Waals surface area contributed by atoms with E-state index in [9.17, 15) is 9.18 Å². The van der Waals surface area contributed by atoms with Crippen LogP contribution in [0.1, 0.15) is 64.2 Å². The molecule has 1 atom stereocenters. The Morgan fingerprint density at radius 3 is 2.69 bits per heavy atom. The number of carbonyl (C=O) groups excluding carboxylic acids is 1. The van der Waals surface area contributed by atoms with Crippen molar-refractivity contribution in [3.05, 3.63) is 88.6 Å². The first-order valence-corrected chi connectivity index (χ1v) is 13.1. The van der Waals surface area contributed by atoms with Crippen molar-refractivity contribution in [2.24, 2.45) is 0 Å². The van der Waals surface area contributed by atoms with Crippen LogP contribution in [0.4, 0.5) is 4.39 Å². The van der Waals surface area contributed by atoms with Crippen molar-refractivity contribution in [1.82, 2.24) is 19.4 Å². The van der Waals surface area contributed by atoms with Crippen molar-refractivity contribution < 1.29 is 18.7 Å². The van der Waals surface area contributed by atoms with Crippen LogP contribution in [0.2, 0.25) is 0 Å². The number of methoxy groups -OCH3 is 1. The van der Waals surface area contributed by atoms with Crippen LogP contribution in [-0.4, -0.2) is 45.6 Å². The molecule has 0 spiro atoms. The molecule has 4 heterocycles. The number of esters is 1. The van der Waals surface area contributed by atoms with Gasteiger partial charge >= 0.3 is 5.97 Å². The van der Waals surface area contributed by atoms with Crippen molar-refractivity contribution in [2.75, 3.05) is 20.2 Å². The van der Waals surface area contributed by atoms with Gasteiger partial charge in [0, 0.05) is 29.8 Å². The van der Waals surface area contributed by atoms with Gasteiger partial charge in [-0.1, -0.05) is 12.1 Å². The number of carbonyl (C=O) groups is 1. The smallest absolute Gasteiger partial charge is 0.337 e. The summed E-state index contributed by atoms with van der Waals surface area (Å²) in [6, 6.07) is 17.9. The minimum absolute atomic E-state index is 0.0518. The maximum atomic E-state index is 14.2. The Morgan fingerprint density at radius 2 is 1.92 bits per heavy atom. The first-order valence-electron chi connectivity index (χ1n) is 13.1. The van der Waals surface area contributed by atoms with E-state index in [1.165, 1.54) is 13.2 Å². The Bertz CT molecular complexity index is 1590. The molecule has 0 N–H and O–H groups in total. The van der Waals surface area contributed by atoms with Gasteiger partial charge in [-0.25, -0.2) is 19.2 Å². The van der Waals surface area contributed by atoms with E-state index in [1.807, 2.05) is 30.3 Å². The predicted molar refractivity (Wildman–Crippen MR) is 142 cm³/mol. The second-order valence-corrected chi connectivity index (χ2v) is 10.0. The van der Waals surface area contributed by atoms with Gasteiger partial charge in [0.1, 0.15) is 18.2 Å². The molecule has 198 valence electrons. The molecule has 8 nitrogen and oxygen atoms in total. The molecule has 0 saturated carbocycles. The molecule has 0 aliphatic carbocycles. The highest BCUT2D eigenvalue weighted by atomic mass is 19.1. The lowest BCUT2D eigenvalue weighted by Crippen LogP contribution is -2.35. The molecule has 4 aromatic rings. The van der Waals surface area contributed by atoms with E-state index in [1.54, 1.807) is 24.3 Å². The van der Waals surface area contributed by atoms with Crippen molar-refractivity contribution in [3.8, 4) is 11.9 Å². The monoisotopic (exact) mass is 525 g/mol. The summed E-state index contributed by atoms with van der Waals surface area (Å²) < 4.78 is 27.1. The van der Waals surface area contributed by atoms with E-state index < -0.39 is 5.82 Å². The largest absolute Gasteiger partial charge is 0.473 e. The quantitative estimate of drug-likeness (QED) is 0.322. The van der Waals surface area contributed by atoms with Gasteiger partial charge in [0.15, 0.2) is 0 Å². The van der Waals surface area contributed by atoms with Crippen molar-refractivity contribution in [1.29, 1.82) is 5.26 Å². The fourth-order valence-electron chi connectivity index (χ4n) is 5.73. The zero-order valence-electron chi connectivity index (χ0n) is 21.6. The van der Waals surface area contributed by atoms with Crippen molar-refractivity contribution in [3.63, 3.8) is 0 Å². The molecule has 0 amide bonds. The maximum Gasteiger partial charge on any atom is 0.337 e. The van der Waals surface area contributed by atoms with Gasteiger partial charge in [-0.3, -0.25) is 4.90 Å². The Morgan fingerprint density at radius 1 is 1.08 bits per heavy atom. The Balaban J connectivity index is 1.10. The maximum absolute atomic E-state index is 14.2. The number of nitriles is 1. The van der Waals surface area contributed by atoms with Crippen LogP contribution in [-0.2, 0) is 17.9 Å². The van der Waals surface area contributed by atoms with Crippen molar-refractivity contribution >= 4 is 17.0 Å². The predicted octanol–water partition coefficient (Wildman–Crippen LogP) is 5.13. The standard InChI is InChI=1S/C30H28FN5O3/c1-38-30(37)21-7-8-25-27(16-21)36-14-11-26(29(36)34-25)35-12-9-20(10-13-35)24-3-2-4-28(33-24)39-18-22-6-5-19(17-32)15-23(22)31/h2-8,15-16,20,26H,9-14,18H2,1H3. The van der Waals surface area contributed by atoms with Crippen molar-refractivity contribution in [2.45, 2.75) is 44.4 Å². The fourth-order valence-corrected chi connectivity index (χ4v) is 5.73. The van der Waals surface area contributed by atoms with E-state index in [0.717, 1.165) is 61.4 Å². The molecule has 0 bridgehead atoms. The summed E-state index contributed by atoms with van der Waals surface area (Å²) in [4.78, 5) is 24.2. The Kier molecular flexibility index (Phi) is 6.71. The Labute approximate surface area is 225 Å². The number of aryl methyl sites for hydroxylation is 1. The highest BCUT2D eigenvalue weighted by Crippen LogP contribution is 2.38. The molecular weight excluding hydrogens is 497 g/mol. The molecule has 6 rings (SSSR count). The number of likely N-dealkylation sites (tertiary alicyclic amines) is 1. The van der Waals surface area contributed by atoms with Gasteiger partial charge in [0.2, 0.25) is 5.88 Å². The third-order valence-electron chi connectivity index (χ3n) is 7.81. The van der Waals surface area contributed by atoms with Crippen LogP contribution >= 0.6 is 0 Å². The topological polar surface area (TPSA) is 93.3 Å². The number of nitrogens with zero attached hydrogens (tertiary/aromatic N) is 5. The first kappa shape index (κ1) is 25.0. The van der Waals surface area contributed by atoms with Crippen LogP contribution in [0.5, 0.6) is 5.88 Å². The van der Waals surface area contributed by atoms with Gasteiger partial charge < -0.3 is 14.0 Å². The number of pyridine rings is 1. The molecule has 39 heavy (non-hydrogen) atoms. The average molecular weight is 526 g/mol. The number of fused-ring (bicyclic) bond motifs is 3. The minimum Gasteiger partial charge on any atom is -0.473 e. The van der Waals surface area contributed by atoms with Gasteiger partial charge in [-0.05, 0) is 68.8 Å². The third kappa shape index (κ3) is 4.84. The number of imidazole rings is 1. The van der Waals surface area contributed by atoms with E-state index in [0.29, 0.717) is 22.9 Å². The zero-order valence-corrected chi connectivity index (χ0v) is 21.6. The van der Waals surface area contributed by atoms with E-state index in [4.69, 9.17) is 24.7 Å². The summed E-state index contributed by atoms with van der Waals surface area (Å²) >= 11 is 0. The fraction of sp³-hybridized carbons (Fsp3) is 0.333. The van der Waals surface area contributed by atoms with E-state index in [2.05, 4.69) is 9.47 Å². The summed E-state index contributed by atoms with van der Waals surface area (Å²) in [5.41, 5.74) is 4.08. The number of ether oxygens (including phenoxy) is 2. The summed E-state index contributed by atoms with van der Waals surface area (Å²) in [5.74, 6) is 1.05. The zero-order chi connectivity index (χ0) is 26.9. The lowest BCUT2D eigenvalue weighted by Gasteiger charge is -2.35. The van der Waals surface area contributed by atoms with Crippen LogP contribution in [0, 0.1) is 17.1 Å². The summed E-state index contributed by atoms with van der Waals surface area (Å²) in [6.07, 6.45) is 2.95. The molecule has 2 aromatic heterocycles. The number of hydrogen-bond acceptors (Lipinski definition) is 7.